The average molecular weight is 294 g/mol. The molecule has 0 aliphatic rings. The summed E-state index contributed by atoms with van der Waals surface area (Å²) in [4.78, 5) is 25.3. The number of amides is 3. The number of carbonyl (C=O) groups excluding carboxylic acids is 2. The van der Waals surface area contributed by atoms with E-state index in [9.17, 15) is 9.59 Å². The second kappa shape index (κ2) is 8.11. The number of carbonyl (C=O) groups is 2. The molecule has 0 saturated heterocycles. The van der Waals surface area contributed by atoms with Gasteiger partial charge in [-0.1, -0.05) is 24.3 Å². The Bertz CT molecular complexity index is 476. The first-order chi connectivity index (χ1) is 9.93. The molecule has 0 bridgehead atoms. The third kappa shape index (κ3) is 5.70. The summed E-state index contributed by atoms with van der Waals surface area (Å²) < 4.78 is 5.18. The first-order valence-electron chi connectivity index (χ1n) is 6.60. The van der Waals surface area contributed by atoms with Crippen LogP contribution in [0, 0.1) is 0 Å². The van der Waals surface area contributed by atoms with Gasteiger partial charge in [0, 0.05) is 33.7 Å². The van der Waals surface area contributed by atoms with Gasteiger partial charge in [-0.2, -0.15) is 0 Å². The molecule has 21 heavy (non-hydrogen) atoms. The number of nitrogens with two attached hydrogens (primary N) is 2. The van der Waals surface area contributed by atoms with Gasteiger partial charge in [0.2, 0.25) is 0 Å². The first kappa shape index (κ1) is 16.8. The van der Waals surface area contributed by atoms with Crippen LogP contribution >= 0.6 is 0 Å². The highest BCUT2D eigenvalue weighted by atomic mass is 16.6. The number of benzene rings is 1. The van der Waals surface area contributed by atoms with E-state index in [1.54, 1.807) is 14.1 Å². The monoisotopic (exact) mass is 294 g/mol. The number of hydrogen-bond acceptors (Lipinski definition) is 4. The fourth-order valence-corrected chi connectivity index (χ4v) is 1.53. The fraction of sp³-hybridized carbons (Fsp3) is 0.429. The average Bonchev–Trinajstić information content (AvgIpc) is 2.50. The second-order valence-corrected chi connectivity index (χ2v) is 4.76. The molecule has 116 valence electrons. The van der Waals surface area contributed by atoms with Crippen molar-refractivity contribution in [1.29, 1.82) is 0 Å². The lowest BCUT2D eigenvalue weighted by Crippen LogP contribution is -2.39. The van der Waals surface area contributed by atoms with Crippen LogP contribution < -0.4 is 11.5 Å². The summed E-state index contributed by atoms with van der Waals surface area (Å²) in [5.74, 6) is 0. The highest BCUT2D eigenvalue weighted by molar-refractivity contribution is 5.71. The molecule has 0 unspecified atom stereocenters. The van der Waals surface area contributed by atoms with Gasteiger partial charge in [0.1, 0.15) is 6.61 Å². The lowest BCUT2D eigenvalue weighted by Gasteiger charge is -2.20. The molecule has 0 aliphatic heterocycles. The minimum Gasteiger partial charge on any atom is -0.445 e. The number of nitrogens with zero attached hydrogens (tertiary/aromatic N) is 2. The zero-order chi connectivity index (χ0) is 15.8. The maximum absolute atomic E-state index is 11.8. The summed E-state index contributed by atoms with van der Waals surface area (Å²) in [6.45, 7) is 1.38. The molecule has 0 fully saturated rings. The van der Waals surface area contributed by atoms with Crippen molar-refractivity contribution >= 4 is 12.1 Å². The van der Waals surface area contributed by atoms with Gasteiger partial charge in [0.25, 0.3) is 0 Å². The van der Waals surface area contributed by atoms with E-state index >= 15 is 0 Å². The Labute approximate surface area is 124 Å². The minimum absolute atomic E-state index is 0.194. The Morgan fingerprint density at radius 3 is 2.10 bits per heavy atom. The van der Waals surface area contributed by atoms with Gasteiger partial charge in [0.15, 0.2) is 0 Å². The molecule has 0 atom stereocenters. The predicted molar refractivity (Wildman–Crippen MR) is 79.4 cm³/mol. The number of likely N-dealkylation sites (N-methyl/N-ethyl adjacent to an activating group) is 2. The van der Waals surface area contributed by atoms with E-state index in [1.165, 1.54) is 9.80 Å². The van der Waals surface area contributed by atoms with Crippen LogP contribution in [0.3, 0.4) is 0 Å². The van der Waals surface area contributed by atoms with Crippen molar-refractivity contribution < 1.29 is 14.3 Å². The third-order valence-electron chi connectivity index (χ3n) is 3.08. The molecule has 1 aromatic carbocycles. The van der Waals surface area contributed by atoms with Gasteiger partial charge < -0.3 is 26.0 Å². The molecular formula is C14H22N4O3. The Hall–Kier alpha value is -2.28. The topological polar surface area (TPSA) is 102 Å². The smallest absolute Gasteiger partial charge is 0.409 e. The number of hydrogen-bond donors (Lipinski definition) is 2. The van der Waals surface area contributed by atoms with Crippen LogP contribution in [0.1, 0.15) is 11.1 Å². The lowest BCUT2D eigenvalue weighted by molar-refractivity contribution is 0.102. The molecule has 7 heteroatoms. The number of ether oxygens (including phenoxy) is 1. The van der Waals surface area contributed by atoms with E-state index in [2.05, 4.69) is 0 Å². The Balaban J connectivity index is 2.36. The minimum atomic E-state index is -0.531. The molecule has 0 aromatic heterocycles. The maximum atomic E-state index is 11.8. The van der Waals surface area contributed by atoms with Crippen LogP contribution in [0.5, 0.6) is 0 Å². The van der Waals surface area contributed by atoms with E-state index in [0.717, 1.165) is 11.1 Å². The molecule has 0 radical (unpaired) electrons. The summed E-state index contributed by atoms with van der Waals surface area (Å²) in [5.41, 5.74) is 12.5. The van der Waals surface area contributed by atoms with Crippen LogP contribution in [-0.2, 0) is 17.9 Å². The molecule has 7 nitrogen and oxygen atoms in total. The molecule has 1 aromatic rings. The molecule has 4 N–H and O–H groups in total. The Kier molecular flexibility index (Phi) is 6.48. The third-order valence-corrected chi connectivity index (χ3v) is 3.08. The lowest BCUT2D eigenvalue weighted by atomic mass is 10.1. The second-order valence-electron chi connectivity index (χ2n) is 4.76. The van der Waals surface area contributed by atoms with Crippen LogP contribution in [0.2, 0.25) is 0 Å². The molecule has 0 heterocycles. The summed E-state index contributed by atoms with van der Waals surface area (Å²) in [5, 5.41) is 0. The molecular weight excluding hydrogens is 272 g/mol. The van der Waals surface area contributed by atoms with Gasteiger partial charge in [0.05, 0.1) is 0 Å². The van der Waals surface area contributed by atoms with Crippen molar-refractivity contribution in [2.45, 2.75) is 13.2 Å². The van der Waals surface area contributed by atoms with Crippen LogP contribution in [0.4, 0.5) is 9.59 Å². The van der Waals surface area contributed by atoms with Crippen molar-refractivity contribution in [3.63, 3.8) is 0 Å². The van der Waals surface area contributed by atoms with E-state index in [4.69, 9.17) is 16.2 Å². The largest absolute Gasteiger partial charge is 0.445 e. The molecule has 0 aliphatic carbocycles. The van der Waals surface area contributed by atoms with Gasteiger partial charge in [-0.25, -0.2) is 9.59 Å². The summed E-state index contributed by atoms with van der Waals surface area (Å²) in [6, 6.07) is 7.01. The summed E-state index contributed by atoms with van der Waals surface area (Å²) in [7, 11) is 3.18. The van der Waals surface area contributed by atoms with E-state index in [1.807, 2.05) is 24.3 Å². The van der Waals surface area contributed by atoms with Crippen LogP contribution in [-0.4, -0.2) is 49.1 Å². The van der Waals surface area contributed by atoms with E-state index < -0.39 is 12.1 Å². The Morgan fingerprint density at radius 2 is 1.57 bits per heavy atom. The highest BCUT2D eigenvalue weighted by Gasteiger charge is 2.12. The molecule has 0 saturated carbocycles. The van der Waals surface area contributed by atoms with Gasteiger partial charge in [-0.05, 0) is 11.1 Å². The predicted octanol–water partition coefficient (Wildman–Crippen LogP) is 0.724. The molecule has 0 spiro atoms. The van der Waals surface area contributed by atoms with Crippen molar-refractivity contribution in [2.75, 3.05) is 27.2 Å². The number of urea groups is 1. The SMILES string of the molecule is CN(CCN(C)C(=O)OCc1ccc(CN)cc1)C(N)=O. The van der Waals surface area contributed by atoms with Crippen molar-refractivity contribution in [3.05, 3.63) is 35.4 Å². The zero-order valence-electron chi connectivity index (χ0n) is 12.4. The van der Waals surface area contributed by atoms with Gasteiger partial charge in [-0.3, -0.25) is 0 Å². The quantitative estimate of drug-likeness (QED) is 0.807. The number of primary amides is 1. The maximum Gasteiger partial charge on any atom is 0.409 e. The highest BCUT2D eigenvalue weighted by Crippen LogP contribution is 2.06. The molecule has 1 rings (SSSR count). The Morgan fingerprint density at radius 1 is 1.05 bits per heavy atom. The van der Waals surface area contributed by atoms with Crippen molar-refractivity contribution in [2.24, 2.45) is 11.5 Å². The van der Waals surface area contributed by atoms with Gasteiger partial charge in [-0.15, -0.1) is 0 Å². The van der Waals surface area contributed by atoms with E-state index in [0.29, 0.717) is 19.6 Å². The standard InChI is InChI=1S/C14H22N4O3/c1-17(13(16)19)7-8-18(2)14(20)21-10-12-5-3-11(9-15)4-6-12/h3-6H,7-10,15H2,1-2H3,(H2,16,19). The van der Waals surface area contributed by atoms with Crippen molar-refractivity contribution in [3.8, 4) is 0 Å². The number of rotatable bonds is 6. The first-order valence-corrected chi connectivity index (χ1v) is 6.60. The summed E-state index contributed by atoms with van der Waals surface area (Å²) in [6.07, 6.45) is -0.448. The fourth-order valence-electron chi connectivity index (χ4n) is 1.53. The molecule has 3 amide bonds. The van der Waals surface area contributed by atoms with Crippen molar-refractivity contribution in [1.82, 2.24) is 9.80 Å². The van der Waals surface area contributed by atoms with E-state index in [-0.39, 0.29) is 6.61 Å². The van der Waals surface area contributed by atoms with Gasteiger partial charge >= 0.3 is 12.1 Å². The van der Waals surface area contributed by atoms with Crippen LogP contribution in [0.15, 0.2) is 24.3 Å². The van der Waals surface area contributed by atoms with Crippen LogP contribution in [0.25, 0.3) is 0 Å². The zero-order valence-corrected chi connectivity index (χ0v) is 12.4. The summed E-state index contributed by atoms with van der Waals surface area (Å²) >= 11 is 0. The normalized spacial score (nSPS) is 10.0.